The van der Waals surface area contributed by atoms with Gasteiger partial charge in [-0.2, -0.15) is 5.10 Å². The Kier molecular flexibility index (Phi) is 3.62. The SMILES string of the molecule is CCc1cc(-c2n[nH]c(C)c2-c2nc(C)cs2)c(O)cc1O. The number of phenolic OH excluding ortho intramolecular Hbond substituents is 2. The van der Waals surface area contributed by atoms with Crippen LogP contribution < -0.4 is 0 Å². The van der Waals surface area contributed by atoms with Crippen molar-refractivity contribution in [2.75, 3.05) is 0 Å². The lowest BCUT2D eigenvalue weighted by Gasteiger charge is -2.08. The molecule has 22 heavy (non-hydrogen) atoms. The molecule has 0 amide bonds. The molecule has 6 heteroatoms. The van der Waals surface area contributed by atoms with Crippen molar-refractivity contribution in [2.24, 2.45) is 0 Å². The number of aryl methyl sites for hydroxylation is 3. The van der Waals surface area contributed by atoms with Crippen molar-refractivity contribution in [1.82, 2.24) is 15.2 Å². The molecule has 0 atom stereocenters. The number of nitrogens with one attached hydrogen (secondary N) is 1. The van der Waals surface area contributed by atoms with Crippen LogP contribution in [0.25, 0.3) is 21.8 Å². The monoisotopic (exact) mass is 315 g/mol. The predicted molar refractivity (Wildman–Crippen MR) is 87.3 cm³/mol. The van der Waals surface area contributed by atoms with Gasteiger partial charge in [0, 0.05) is 28.4 Å². The van der Waals surface area contributed by atoms with Crippen molar-refractivity contribution in [3.8, 4) is 33.3 Å². The largest absolute Gasteiger partial charge is 0.508 e. The van der Waals surface area contributed by atoms with Gasteiger partial charge in [-0.25, -0.2) is 4.98 Å². The highest BCUT2D eigenvalue weighted by molar-refractivity contribution is 7.13. The summed E-state index contributed by atoms with van der Waals surface area (Å²) in [5.41, 5.74) is 4.77. The molecule has 0 saturated carbocycles. The first kappa shape index (κ1) is 14.6. The summed E-state index contributed by atoms with van der Waals surface area (Å²) in [6, 6.07) is 3.15. The van der Waals surface area contributed by atoms with Crippen LogP contribution >= 0.6 is 11.3 Å². The van der Waals surface area contributed by atoms with Gasteiger partial charge in [0.25, 0.3) is 0 Å². The van der Waals surface area contributed by atoms with Gasteiger partial charge in [-0.1, -0.05) is 6.92 Å². The molecule has 2 aromatic heterocycles. The van der Waals surface area contributed by atoms with Crippen LogP contribution in [0.15, 0.2) is 17.5 Å². The lowest BCUT2D eigenvalue weighted by atomic mass is 10.0. The first-order valence-corrected chi connectivity index (χ1v) is 7.92. The molecule has 0 fully saturated rings. The highest BCUT2D eigenvalue weighted by Gasteiger charge is 2.20. The number of phenols is 2. The maximum Gasteiger partial charge on any atom is 0.128 e. The number of H-pyrrole nitrogens is 1. The van der Waals surface area contributed by atoms with E-state index < -0.39 is 0 Å². The van der Waals surface area contributed by atoms with E-state index in [9.17, 15) is 10.2 Å². The smallest absolute Gasteiger partial charge is 0.128 e. The molecular formula is C16H17N3O2S. The molecule has 0 aliphatic carbocycles. The Morgan fingerprint density at radius 1 is 1.18 bits per heavy atom. The molecule has 0 saturated heterocycles. The summed E-state index contributed by atoms with van der Waals surface area (Å²) in [5, 5.41) is 30.2. The van der Waals surface area contributed by atoms with E-state index in [1.807, 2.05) is 26.2 Å². The second kappa shape index (κ2) is 5.46. The summed E-state index contributed by atoms with van der Waals surface area (Å²) >= 11 is 1.55. The van der Waals surface area contributed by atoms with E-state index in [1.165, 1.54) is 6.07 Å². The van der Waals surface area contributed by atoms with Crippen LogP contribution in [0.2, 0.25) is 0 Å². The molecule has 0 spiro atoms. The first-order valence-electron chi connectivity index (χ1n) is 7.04. The summed E-state index contributed by atoms with van der Waals surface area (Å²) in [7, 11) is 0. The third-order valence-corrected chi connectivity index (χ3v) is 4.59. The Balaban J connectivity index is 2.22. The van der Waals surface area contributed by atoms with Gasteiger partial charge in [0.1, 0.15) is 22.2 Å². The zero-order valence-electron chi connectivity index (χ0n) is 12.6. The maximum atomic E-state index is 10.2. The van der Waals surface area contributed by atoms with Crippen molar-refractivity contribution in [3.05, 3.63) is 34.5 Å². The number of rotatable bonds is 3. The van der Waals surface area contributed by atoms with Gasteiger partial charge >= 0.3 is 0 Å². The molecule has 0 aliphatic heterocycles. The summed E-state index contributed by atoms with van der Waals surface area (Å²) < 4.78 is 0. The van der Waals surface area contributed by atoms with Crippen molar-refractivity contribution in [1.29, 1.82) is 0 Å². The zero-order chi connectivity index (χ0) is 15.9. The minimum Gasteiger partial charge on any atom is -0.508 e. The molecule has 0 aliphatic rings. The maximum absolute atomic E-state index is 10.2. The fourth-order valence-electron chi connectivity index (χ4n) is 2.45. The van der Waals surface area contributed by atoms with Gasteiger partial charge in [-0.05, 0) is 31.9 Å². The Labute approximate surface area is 132 Å². The Bertz CT molecular complexity index is 836. The lowest BCUT2D eigenvalue weighted by Crippen LogP contribution is -1.89. The quantitative estimate of drug-likeness (QED) is 0.687. The molecule has 0 unspecified atom stereocenters. The summed E-state index contributed by atoms with van der Waals surface area (Å²) in [4.78, 5) is 4.52. The third-order valence-electron chi connectivity index (χ3n) is 3.61. The minimum absolute atomic E-state index is 0.00993. The molecule has 3 N–H and O–H groups in total. The van der Waals surface area contributed by atoms with E-state index >= 15 is 0 Å². The van der Waals surface area contributed by atoms with E-state index in [1.54, 1.807) is 17.4 Å². The second-order valence-corrected chi connectivity index (χ2v) is 6.08. The molecule has 3 aromatic rings. The molecule has 0 bridgehead atoms. The van der Waals surface area contributed by atoms with Crippen LogP contribution in [0.5, 0.6) is 11.5 Å². The number of aromatic nitrogens is 3. The molecule has 2 heterocycles. The fourth-order valence-corrected chi connectivity index (χ4v) is 3.35. The highest BCUT2D eigenvalue weighted by Crippen LogP contribution is 2.40. The van der Waals surface area contributed by atoms with Crippen molar-refractivity contribution >= 4 is 11.3 Å². The number of nitrogens with zero attached hydrogens (tertiary/aromatic N) is 2. The van der Waals surface area contributed by atoms with Crippen LogP contribution in [0.3, 0.4) is 0 Å². The number of benzene rings is 1. The average Bonchev–Trinajstić information content (AvgIpc) is 3.05. The first-order chi connectivity index (χ1) is 10.5. The molecule has 3 rings (SSSR count). The number of aromatic hydroxyl groups is 2. The van der Waals surface area contributed by atoms with E-state index in [0.717, 1.165) is 27.5 Å². The van der Waals surface area contributed by atoms with Crippen molar-refractivity contribution < 1.29 is 10.2 Å². The Morgan fingerprint density at radius 2 is 1.95 bits per heavy atom. The zero-order valence-corrected chi connectivity index (χ0v) is 13.5. The summed E-state index contributed by atoms with van der Waals surface area (Å²) in [5.74, 6) is 0.110. The van der Waals surface area contributed by atoms with Crippen molar-refractivity contribution in [2.45, 2.75) is 27.2 Å². The van der Waals surface area contributed by atoms with Gasteiger partial charge in [-0.15, -0.1) is 11.3 Å². The Hall–Kier alpha value is -2.34. The molecule has 0 radical (unpaired) electrons. The van der Waals surface area contributed by atoms with Gasteiger partial charge < -0.3 is 10.2 Å². The van der Waals surface area contributed by atoms with E-state index in [-0.39, 0.29) is 11.5 Å². The van der Waals surface area contributed by atoms with Crippen LogP contribution in [-0.4, -0.2) is 25.4 Å². The van der Waals surface area contributed by atoms with E-state index in [4.69, 9.17) is 0 Å². The van der Waals surface area contributed by atoms with Crippen LogP contribution in [0.4, 0.5) is 0 Å². The van der Waals surface area contributed by atoms with Gasteiger partial charge in [0.15, 0.2) is 0 Å². The minimum atomic E-state index is 0.00993. The number of thiazole rings is 1. The van der Waals surface area contributed by atoms with Crippen LogP contribution in [0.1, 0.15) is 23.9 Å². The molecule has 1 aromatic carbocycles. The van der Waals surface area contributed by atoms with Crippen LogP contribution in [-0.2, 0) is 6.42 Å². The molecular weight excluding hydrogens is 298 g/mol. The van der Waals surface area contributed by atoms with Gasteiger partial charge in [0.2, 0.25) is 0 Å². The standard InChI is InChI=1S/C16H17N3O2S/c1-4-10-5-11(13(21)6-12(10)20)15-14(9(3)18-19-15)16-17-8(2)7-22-16/h5-7,20-21H,4H2,1-3H3,(H,18,19). The van der Waals surface area contributed by atoms with E-state index in [0.29, 0.717) is 17.7 Å². The van der Waals surface area contributed by atoms with Crippen molar-refractivity contribution in [3.63, 3.8) is 0 Å². The van der Waals surface area contributed by atoms with Gasteiger partial charge in [0.05, 0.1) is 5.56 Å². The number of hydrogen-bond donors (Lipinski definition) is 3. The topological polar surface area (TPSA) is 82.0 Å². The lowest BCUT2D eigenvalue weighted by molar-refractivity contribution is 0.447. The normalized spacial score (nSPS) is 11.0. The Morgan fingerprint density at radius 3 is 2.59 bits per heavy atom. The molecule has 5 nitrogen and oxygen atoms in total. The second-order valence-electron chi connectivity index (χ2n) is 5.22. The predicted octanol–water partition coefficient (Wildman–Crippen LogP) is 3.79. The number of aromatic amines is 1. The summed E-state index contributed by atoms with van der Waals surface area (Å²) in [6.07, 6.45) is 0.675. The fraction of sp³-hybridized carbons (Fsp3) is 0.250. The highest BCUT2D eigenvalue weighted by atomic mass is 32.1. The van der Waals surface area contributed by atoms with Crippen LogP contribution in [0, 0.1) is 13.8 Å². The number of hydrogen-bond acceptors (Lipinski definition) is 5. The van der Waals surface area contributed by atoms with Gasteiger partial charge in [-0.3, -0.25) is 5.10 Å². The third kappa shape index (κ3) is 2.35. The van der Waals surface area contributed by atoms with E-state index in [2.05, 4.69) is 15.2 Å². The molecule has 114 valence electrons. The summed E-state index contributed by atoms with van der Waals surface area (Å²) in [6.45, 7) is 5.83. The average molecular weight is 315 g/mol.